The summed E-state index contributed by atoms with van der Waals surface area (Å²) in [4.78, 5) is 9.03. The molecule has 0 atom stereocenters. The number of benzene rings is 2. The van der Waals surface area contributed by atoms with Crippen molar-refractivity contribution in [1.82, 2.24) is 9.97 Å². The quantitative estimate of drug-likeness (QED) is 0.562. The number of rotatable bonds is 2. The van der Waals surface area contributed by atoms with Crippen LogP contribution in [0.15, 0.2) is 53.0 Å². The van der Waals surface area contributed by atoms with Gasteiger partial charge >= 0.3 is 0 Å². The van der Waals surface area contributed by atoms with Gasteiger partial charge in [0.15, 0.2) is 11.6 Å². The van der Waals surface area contributed by atoms with Crippen LogP contribution in [0.4, 0.5) is 5.82 Å². The monoisotopic (exact) mass is 314 g/mol. The molecule has 3 rings (SSSR count). The lowest BCUT2D eigenvalue weighted by molar-refractivity contribution is 1.19. The summed E-state index contributed by atoms with van der Waals surface area (Å²) >= 11 is 3.45. The fourth-order valence-electron chi connectivity index (χ4n) is 1.94. The summed E-state index contributed by atoms with van der Waals surface area (Å²) in [5.41, 5.74) is 4.43. The number of para-hydroxylation sites is 1. The highest BCUT2D eigenvalue weighted by Gasteiger charge is 2.08. The molecule has 0 bridgehead atoms. The fourth-order valence-corrected chi connectivity index (χ4v) is 2.34. The Morgan fingerprint density at radius 3 is 2.63 bits per heavy atom. The second-order valence-electron chi connectivity index (χ2n) is 4.07. The zero-order valence-corrected chi connectivity index (χ0v) is 11.6. The van der Waals surface area contributed by atoms with E-state index in [2.05, 4.69) is 31.3 Å². The van der Waals surface area contributed by atoms with E-state index < -0.39 is 0 Å². The minimum Gasteiger partial charge on any atom is -0.308 e. The third kappa shape index (κ3) is 2.30. The van der Waals surface area contributed by atoms with E-state index >= 15 is 0 Å². The van der Waals surface area contributed by atoms with Gasteiger partial charge in [-0.2, -0.15) is 0 Å². The molecular formula is C14H11BrN4. The second-order valence-corrected chi connectivity index (χ2v) is 4.98. The molecule has 0 radical (unpaired) electrons. The summed E-state index contributed by atoms with van der Waals surface area (Å²) in [7, 11) is 0. The Hall–Kier alpha value is -1.98. The number of nitrogen functional groups attached to an aromatic ring is 1. The Labute approximate surface area is 118 Å². The van der Waals surface area contributed by atoms with Gasteiger partial charge in [0.1, 0.15) is 0 Å². The predicted octanol–water partition coefficient (Wildman–Crippen LogP) is 3.34. The zero-order valence-electron chi connectivity index (χ0n) is 9.97. The standard InChI is InChI=1S/C14H11BrN4/c15-10-5-3-4-9(8-10)13-17-12-7-2-1-6-11(12)14(18-13)19-16/h1-8H,16H2,(H,17,18,19). The second kappa shape index (κ2) is 4.95. The summed E-state index contributed by atoms with van der Waals surface area (Å²) in [6, 6.07) is 15.6. The van der Waals surface area contributed by atoms with Crippen molar-refractivity contribution in [2.24, 2.45) is 5.84 Å². The first-order valence-electron chi connectivity index (χ1n) is 5.77. The smallest absolute Gasteiger partial charge is 0.162 e. The Balaban J connectivity index is 2.25. The summed E-state index contributed by atoms with van der Waals surface area (Å²) in [6.07, 6.45) is 0. The van der Waals surface area contributed by atoms with E-state index in [1.165, 1.54) is 0 Å². The van der Waals surface area contributed by atoms with Gasteiger partial charge in [-0.3, -0.25) is 0 Å². The van der Waals surface area contributed by atoms with Crippen LogP contribution in [-0.2, 0) is 0 Å². The average Bonchev–Trinajstić information content (AvgIpc) is 2.46. The number of fused-ring (bicyclic) bond motifs is 1. The van der Waals surface area contributed by atoms with E-state index in [0.717, 1.165) is 20.9 Å². The molecule has 3 N–H and O–H groups in total. The summed E-state index contributed by atoms with van der Waals surface area (Å²) < 4.78 is 0.990. The molecule has 0 fully saturated rings. The average molecular weight is 315 g/mol. The highest BCUT2D eigenvalue weighted by molar-refractivity contribution is 9.10. The number of aromatic nitrogens is 2. The van der Waals surface area contributed by atoms with Gasteiger partial charge < -0.3 is 5.43 Å². The first kappa shape index (κ1) is 12.1. The van der Waals surface area contributed by atoms with Gasteiger partial charge in [-0.15, -0.1) is 0 Å². The molecule has 0 aliphatic carbocycles. The van der Waals surface area contributed by atoms with Crippen LogP contribution in [0.1, 0.15) is 0 Å². The molecule has 1 heterocycles. The van der Waals surface area contributed by atoms with Gasteiger partial charge in [0.05, 0.1) is 5.52 Å². The van der Waals surface area contributed by atoms with E-state index in [0.29, 0.717) is 11.6 Å². The number of nitrogens with zero attached hydrogens (tertiary/aromatic N) is 2. The number of anilines is 1. The van der Waals surface area contributed by atoms with Crippen molar-refractivity contribution in [3.8, 4) is 11.4 Å². The first-order chi connectivity index (χ1) is 9.28. The number of hydrogen-bond acceptors (Lipinski definition) is 4. The van der Waals surface area contributed by atoms with Crippen LogP contribution in [0.25, 0.3) is 22.3 Å². The van der Waals surface area contributed by atoms with Crippen molar-refractivity contribution in [3.05, 3.63) is 53.0 Å². The molecule has 94 valence electrons. The highest BCUT2D eigenvalue weighted by atomic mass is 79.9. The van der Waals surface area contributed by atoms with Crippen LogP contribution in [0.2, 0.25) is 0 Å². The Morgan fingerprint density at radius 1 is 1.00 bits per heavy atom. The molecule has 0 unspecified atom stereocenters. The number of hydrogen-bond donors (Lipinski definition) is 2. The lowest BCUT2D eigenvalue weighted by Crippen LogP contribution is -2.10. The Morgan fingerprint density at radius 2 is 1.84 bits per heavy atom. The van der Waals surface area contributed by atoms with Crippen molar-refractivity contribution < 1.29 is 0 Å². The van der Waals surface area contributed by atoms with E-state index in [9.17, 15) is 0 Å². The third-order valence-electron chi connectivity index (χ3n) is 2.82. The Kier molecular flexibility index (Phi) is 3.15. The molecule has 1 aromatic heterocycles. The maximum Gasteiger partial charge on any atom is 0.162 e. The minimum atomic E-state index is 0.626. The molecule has 4 nitrogen and oxygen atoms in total. The maximum absolute atomic E-state index is 5.54. The number of nitrogens with one attached hydrogen (secondary N) is 1. The van der Waals surface area contributed by atoms with Crippen molar-refractivity contribution in [2.75, 3.05) is 5.43 Å². The molecule has 0 saturated carbocycles. The van der Waals surface area contributed by atoms with E-state index in [4.69, 9.17) is 5.84 Å². The van der Waals surface area contributed by atoms with Gasteiger partial charge in [-0.25, -0.2) is 15.8 Å². The predicted molar refractivity (Wildman–Crippen MR) is 80.5 cm³/mol. The molecule has 5 heteroatoms. The number of halogens is 1. The molecule has 0 aliphatic heterocycles. The van der Waals surface area contributed by atoms with Crippen molar-refractivity contribution in [2.45, 2.75) is 0 Å². The van der Waals surface area contributed by atoms with Crippen molar-refractivity contribution in [1.29, 1.82) is 0 Å². The molecule has 0 spiro atoms. The van der Waals surface area contributed by atoms with Gasteiger partial charge in [0, 0.05) is 15.4 Å². The number of nitrogens with two attached hydrogens (primary N) is 1. The summed E-state index contributed by atoms with van der Waals surface area (Å²) in [6.45, 7) is 0. The fraction of sp³-hybridized carbons (Fsp3) is 0. The van der Waals surface area contributed by atoms with Gasteiger partial charge in [-0.1, -0.05) is 40.2 Å². The van der Waals surface area contributed by atoms with E-state index in [-0.39, 0.29) is 0 Å². The van der Waals surface area contributed by atoms with Crippen LogP contribution in [-0.4, -0.2) is 9.97 Å². The maximum atomic E-state index is 5.54. The van der Waals surface area contributed by atoms with Crippen molar-refractivity contribution >= 4 is 32.7 Å². The minimum absolute atomic E-state index is 0.626. The van der Waals surface area contributed by atoms with Gasteiger partial charge in [0.2, 0.25) is 0 Å². The van der Waals surface area contributed by atoms with E-state index in [1.807, 2.05) is 48.5 Å². The lowest BCUT2D eigenvalue weighted by Gasteiger charge is -2.08. The summed E-state index contributed by atoms with van der Waals surface area (Å²) in [5.74, 6) is 6.82. The summed E-state index contributed by atoms with van der Waals surface area (Å²) in [5, 5.41) is 0.906. The first-order valence-corrected chi connectivity index (χ1v) is 6.56. The van der Waals surface area contributed by atoms with Gasteiger partial charge in [-0.05, 0) is 24.3 Å². The molecule has 0 saturated heterocycles. The third-order valence-corrected chi connectivity index (χ3v) is 3.32. The molecule has 3 aromatic rings. The van der Waals surface area contributed by atoms with Crippen molar-refractivity contribution in [3.63, 3.8) is 0 Å². The van der Waals surface area contributed by atoms with Crippen LogP contribution < -0.4 is 11.3 Å². The van der Waals surface area contributed by atoms with Gasteiger partial charge in [0.25, 0.3) is 0 Å². The van der Waals surface area contributed by atoms with E-state index in [1.54, 1.807) is 0 Å². The lowest BCUT2D eigenvalue weighted by atomic mass is 10.2. The molecular weight excluding hydrogens is 304 g/mol. The largest absolute Gasteiger partial charge is 0.308 e. The zero-order chi connectivity index (χ0) is 13.2. The highest BCUT2D eigenvalue weighted by Crippen LogP contribution is 2.25. The molecule has 0 amide bonds. The van der Waals surface area contributed by atoms with Crippen LogP contribution >= 0.6 is 15.9 Å². The normalized spacial score (nSPS) is 10.6. The number of hydrazine groups is 1. The molecule has 2 aromatic carbocycles. The van der Waals surface area contributed by atoms with Crippen LogP contribution in [0, 0.1) is 0 Å². The topological polar surface area (TPSA) is 63.8 Å². The SMILES string of the molecule is NNc1nc(-c2cccc(Br)c2)nc2ccccc12. The van der Waals surface area contributed by atoms with Crippen LogP contribution in [0.3, 0.4) is 0 Å². The van der Waals surface area contributed by atoms with Crippen LogP contribution in [0.5, 0.6) is 0 Å². The Bertz CT molecular complexity index is 742. The molecule has 0 aliphatic rings. The molecule has 19 heavy (non-hydrogen) atoms.